The number of aliphatic carboxylic acids is 1. The highest BCUT2D eigenvalue weighted by atomic mass is 19.3. The number of carboxylic acid groups (broad SMARTS) is 1. The van der Waals surface area contributed by atoms with Gasteiger partial charge in [-0.3, -0.25) is 0 Å². The molecule has 2 aromatic rings. The molecule has 1 N–H and O–H groups in total. The number of hydrogen-bond acceptors (Lipinski definition) is 1. The molecular formula is C11H9F2NO2. The summed E-state index contributed by atoms with van der Waals surface area (Å²) in [5, 5.41) is 9.01. The molecule has 0 aliphatic rings. The number of hydrogen-bond donors (Lipinski definition) is 1. The second-order valence-electron chi connectivity index (χ2n) is 3.58. The van der Waals surface area contributed by atoms with Crippen LogP contribution in [0.4, 0.5) is 8.78 Å². The Morgan fingerprint density at radius 2 is 2.06 bits per heavy atom. The zero-order chi connectivity index (χ0) is 11.9. The summed E-state index contributed by atoms with van der Waals surface area (Å²) in [7, 11) is 1.79. The molecule has 0 saturated carbocycles. The Bertz CT molecular complexity index is 560. The molecular weight excluding hydrogens is 216 g/mol. The molecule has 16 heavy (non-hydrogen) atoms. The highest BCUT2D eigenvalue weighted by Gasteiger charge is 2.41. The van der Waals surface area contributed by atoms with Crippen LogP contribution in [0.15, 0.2) is 30.5 Å². The van der Waals surface area contributed by atoms with Gasteiger partial charge in [0.15, 0.2) is 0 Å². The first kappa shape index (κ1) is 10.6. The van der Waals surface area contributed by atoms with Gasteiger partial charge in [0.2, 0.25) is 0 Å². The second-order valence-corrected chi connectivity index (χ2v) is 3.58. The van der Waals surface area contributed by atoms with E-state index in [1.807, 2.05) is 0 Å². The molecule has 1 heterocycles. The number of benzene rings is 1. The first-order chi connectivity index (χ1) is 7.43. The molecule has 0 spiro atoms. The Morgan fingerprint density at radius 1 is 1.38 bits per heavy atom. The van der Waals surface area contributed by atoms with E-state index in [9.17, 15) is 13.6 Å². The van der Waals surface area contributed by atoms with Crippen molar-refractivity contribution in [2.45, 2.75) is 5.92 Å². The van der Waals surface area contributed by atoms with Gasteiger partial charge in [-0.05, 0) is 18.2 Å². The fourth-order valence-corrected chi connectivity index (χ4v) is 1.60. The molecule has 0 amide bonds. The number of aromatic nitrogens is 1. The highest BCUT2D eigenvalue weighted by Crippen LogP contribution is 2.30. The van der Waals surface area contributed by atoms with Crippen LogP contribution in [0.1, 0.15) is 5.56 Å². The maximum Gasteiger partial charge on any atom is 0.379 e. The van der Waals surface area contributed by atoms with Crippen molar-refractivity contribution in [1.82, 2.24) is 4.57 Å². The van der Waals surface area contributed by atoms with E-state index in [1.54, 1.807) is 23.9 Å². The average molecular weight is 225 g/mol. The second kappa shape index (κ2) is 3.30. The van der Waals surface area contributed by atoms with Crippen molar-refractivity contribution >= 4 is 16.9 Å². The fourth-order valence-electron chi connectivity index (χ4n) is 1.60. The molecule has 3 nitrogen and oxygen atoms in total. The number of aryl methyl sites for hydroxylation is 1. The molecule has 0 bridgehead atoms. The third-order valence-electron chi connectivity index (χ3n) is 2.52. The van der Waals surface area contributed by atoms with E-state index in [0.717, 1.165) is 11.6 Å². The Labute approximate surface area is 89.9 Å². The third kappa shape index (κ3) is 1.44. The SMILES string of the molecule is Cn1ccc2cc(C(F)(F)C(=O)O)ccc21. The van der Waals surface area contributed by atoms with Gasteiger partial charge in [0.05, 0.1) is 0 Å². The van der Waals surface area contributed by atoms with Crippen LogP contribution >= 0.6 is 0 Å². The van der Waals surface area contributed by atoms with Gasteiger partial charge in [0.25, 0.3) is 0 Å². The van der Waals surface area contributed by atoms with Crippen molar-refractivity contribution in [3.8, 4) is 0 Å². The summed E-state index contributed by atoms with van der Waals surface area (Å²) >= 11 is 0. The van der Waals surface area contributed by atoms with Gasteiger partial charge in [-0.25, -0.2) is 4.79 Å². The Morgan fingerprint density at radius 3 is 2.69 bits per heavy atom. The van der Waals surface area contributed by atoms with Crippen molar-refractivity contribution < 1.29 is 18.7 Å². The molecule has 0 fully saturated rings. The molecule has 2 rings (SSSR count). The van der Waals surface area contributed by atoms with Crippen LogP contribution in [0.2, 0.25) is 0 Å². The highest BCUT2D eigenvalue weighted by molar-refractivity contribution is 5.84. The number of carbonyl (C=O) groups is 1. The topological polar surface area (TPSA) is 42.2 Å². The smallest absolute Gasteiger partial charge is 0.379 e. The monoisotopic (exact) mass is 225 g/mol. The predicted molar refractivity (Wildman–Crippen MR) is 54.4 cm³/mol. The Kier molecular flexibility index (Phi) is 2.18. The summed E-state index contributed by atoms with van der Waals surface area (Å²) in [6.07, 6.45) is 1.73. The number of halogens is 2. The molecule has 0 atom stereocenters. The van der Waals surface area contributed by atoms with E-state index in [4.69, 9.17) is 5.11 Å². The lowest BCUT2D eigenvalue weighted by Crippen LogP contribution is -2.25. The summed E-state index contributed by atoms with van der Waals surface area (Å²) in [4.78, 5) is 10.4. The molecule has 0 radical (unpaired) electrons. The van der Waals surface area contributed by atoms with Crippen molar-refractivity contribution in [3.63, 3.8) is 0 Å². The molecule has 1 aromatic carbocycles. The van der Waals surface area contributed by atoms with Crippen molar-refractivity contribution in [1.29, 1.82) is 0 Å². The van der Waals surface area contributed by atoms with Gasteiger partial charge < -0.3 is 9.67 Å². The number of rotatable bonds is 2. The van der Waals surface area contributed by atoms with Crippen LogP contribution in [0.25, 0.3) is 10.9 Å². The van der Waals surface area contributed by atoms with Crippen LogP contribution in [-0.2, 0) is 17.8 Å². The van der Waals surface area contributed by atoms with E-state index < -0.39 is 17.5 Å². The largest absolute Gasteiger partial charge is 0.477 e. The summed E-state index contributed by atoms with van der Waals surface area (Å²) in [6, 6.07) is 5.48. The van der Waals surface area contributed by atoms with Crippen molar-refractivity contribution in [2.75, 3.05) is 0 Å². The third-order valence-corrected chi connectivity index (χ3v) is 2.52. The molecule has 0 saturated heterocycles. The van der Waals surface area contributed by atoms with E-state index in [1.165, 1.54) is 12.1 Å². The molecule has 5 heteroatoms. The molecule has 84 valence electrons. The van der Waals surface area contributed by atoms with Gasteiger partial charge in [0.1, 0.15) is 0 Å². The number of nitrogens with zero attached hydrogens (tertiary/aromatic N) is 1. The fraction of sp³-hybridized carbons (Fsp3) is 0.182. The van der Waals surface area contributed by atoms with Gasteiger partial charge in [-0.1, -0.05) is 6.07 Å². The normalized spacial score (nSPS) is 11.9. The quantitative estimate of drug-likeness (QED) is 0.852. The minimum absolute atomic E-state index is 0.501. The van der Waals surface area contributed by atoms with Crippen molar-refractivity contribution in [3.05, 3.63) is 36.0 Å². The molecule has 0 aliphatic heterocycles. The zero-order valence-corrected chi connectivity index (χ0v) is 8.45. The van der Waals surface area contributed by atoms with Crippen LogP contribution < -0.4 is 0 Å². The number of alkyl halides is 2. The maximum atomic E-state index is 13.2. The van der Waals surface area contributed by atoms with Gasteiger partial charge in [-0.2, -0.15) is 8.78 Å². The average Bonchev–Trinajstić information content (AvgIpc) is 2.60. The first-order valence-corrected chi connectivity index (χ1v) is 4.59. The lowest BCUT2D eigenvalue weighted by atomic mass is 10.1. The van der Waals surface area contributed by atoms with Crippen molar-refractivity contribution in [2.24, 2.45) is 7.05 Å². The van der Waals surface area contributed by atoms with Crippen LogP contribution in [0, 0.1) is 0 Å². The summed E-state index contributed by atoms with van der Waals surface area (Å²) in [5.74, 6) is -5.98. The standard InChI is InChI=1S/C11H9F2NO2/c1-14-5-4-7-6-8(2-3-9(7)14)11(12,13)10(15)16/h2-6H,1H3,(H,15,16). The summed E-state index contributed by atoms with van der Waals surface area (Å²) < 4.78 is 28.2. The minimum Gasteiger partial charge on any atom is -0.477 e. The number of fused-ring (bicyclic) bond motifs is 1. The van der Waals surface area contributed by atoms with Crippen LogP contribution in [-0.4, -0.2) is 15.6 Å². The zero-order valence-electron chi connectivity index (χ0n) is 8.45. The maximum absolute atomic E-state index is 13.2. The van der Waals surface area contributed by atoms with Crippen LogP contribution in [0.5, 0.6) is 0 Å². The van der Waals surface area contributed by atoms with E-state index in [2.05, 4.69) is 0 Å². The van der Waals surface area contributed by atoms with Gasteiger partial charge in [-0.15, -0.1) is 0 Å². The predicted octanol–water partition coefficient (Wildman–Crippen LogP) is 2.35. The van der Waals surface area contributed by atoms with E-state index in [0.29, 0.717) is 5.39 Å². The van der Waals surface area contributed by atoms with E-state index >= 15 is 0 Å². The summed E-state index contributed by atoms with van der Waals surface area (Å²) in [6.45, 7) is 0. The molecule has 1 aromatic heterocycles. The molecule has 0 aliphatic carbocycles. The Hall–Kier alpha value is -1.91. The lowest BCUT2D eigenvalue weighted by Gasteiger charge is -2.11. The van der Waals surface area contributed by atoms with Crippen LogP contribution in [0.3, 0.4) is 0 Å². The first-order valence-electron chi connectivity index (χ1n) is 4.59. The van der Waals surface area contributed by atoms with E-state index in [-0.39, 0.29) is 0 Å². The molecule has 0 unspecified atom stereocenters. The Balaban J connectivity index is 2.59. The van der Waals surface area contributed by atoms with Gasteiger partial charge in [0, 0.05) is 29.7 Å². The summed E-state index contributed by atoms with van der Waals surface area (Å²) in [5.41, 5.74) is 0.281. The number of carboxylic acids is 1. The minimum atomic E-state index is -3.84. The lowest BCUT2D eigenvalue weighted by molar-refractivity contribution is -0.166. The van der Waals surface area contributed by atoms with Gasteiger partial charge >= 0.3 is 11.9 Å².